The molecule has 1 unspecified atom stereocenters. The minimum Gasteiger partial charge on any atom is -0.493 e. The van der Waals surface area contributed by atoms with Crippen molar-refractivity contribution in [3.8, 4) is 11.5 Å². The van der Waals surface area contributed by atoms with Gasteiger partial charge in [0.1, 0.15) is 12.2 Å². The number of ether oxygens (including phenoxy) is 2. The second kappa shape index (κ2) is 9.71. The normalized spacial score (nSPS) is 11.5. The Morgan fingerprint density at radius 2 is 1.90 bits per heavy atom. The molecule has 8 nitrogen and oxygen atoms in total. The number of carbonyl (C=O) groups is 1. The van der Waals surface area contributed by atoms with Crippen LogP contribution in [0.3, 0.4) is 0 Å². The zero-order valence-electron chi connectivity index (χ0n) is 17.5. The fraction of sp³-hybridized carbons (Fsp3) is 0.217. The number of hydrogen-bond acceptors (Lipinski definition) is 6. The maximum Gasteiger partial charge on any atom is 0.285 e. The van der Waals surface area contributed by atoms with Gasteiger partial charge in [-0.2, -0.15) is 0 Å². The Labute approximate surface area is 180 Å². The standard InChI is InChI=1S/C23H23N3O5/c1-15-5-4-6-19(22(15)26(28)29)23(27)25-16(2)18-7-8-20(21(13-18)30-3)31-14-17-9-11-24-12-10-17/h4-13,16H,14H2,1-3H3,(H,25,27). The minimum absolute atomic E-state index is 0.0288. The Kier molecular flexibility index (Phi) is 6.81. The van der Waals surface area contributed by atoms with Crippen molar-refractivity contribution in [2.24, 2.45) is 0 Å². The average molecular weight is 421 g/mol. The van der Waals surface area contributed by atoms with Crippen LogP contribution in [0.4, 0.5) is 5.69 Å². The maximum atomic E-state index is 12.7. The third kappa shape index (κ3) is 5.16. The summed E-state index contributed by atoms with van der Waals surface area (Å²) in [5, 5.41) is 14.2. The fourth-order valence-corrected chi connectivity index (χ4v) is 3.16. The number of amides is 1. The van der Waals surface area contributed by atoms with Crippen LogP contribution in [0.2, 0.25) is 0 Å². The molecule has 0 saturated carbocycles. The van der Waals surface area contributed by atoms with Crippen molar-refractivity contribution < 1.29 is 19.2 Å². The van der Waals surface area contributed by atoms with Gasteiger partial charge in [-0.05, 0) is 55.3 Å². The number of benzene rings is 2. The molecule has 3 aromatic rings. The molecule has 8 heteroatoms. The molecule has 0 spiro atoms. The van der Waals surface area contributed by atoms with E-state index in [0.717, 1.165) is 11.1 Å². The van der Waals surface area contributed by atoms with Crippen molar-refractivity contribution in [3.05, 3.63) is 93.3 Å². The Morgan fingerprint density at radius 3 is 2.58 bits per heavy atom. The van der Waals surface area contributed by atoms with E-state index in [-0.39, 0.29) is 11.3 Å². The van der Waals surface area contributed by atoms with Gasteiger partial charge in [0, 0.05) is 18.0 Å². The summed E-state index contributed by atoms with van der Waals surface area (Å²) < 4.78 is 11.3. The van der Waals surface area contributed by atoms with Gasteiger partial charge < -0.3 is 14.8 Å². The van der Waals surface area contributed by atoms with Crippen LogP contribution < -0.4 is 14.8 Å². The maximum absolute atomic E-state index is 12.7. The van der Waals surface area contributed by atoms with Crippen LogP contribution in [0, 0.1) is 17.0 Å². The average Bonchev–Trinajstić information content (AvgIpc) is 2.77. The Hall–Kier alpha value is -3.94. The van der Waals surface area contributed by atoms with Gasteiger partial charge in [0.05, 0.1) is 18.1 Å². The molecular weight excluding hydrogens is 398 g/mol. The van der Waals surface area contributed by atoms with E-state index in [0.29, 0.717) is 23.7 Å². The number of nitrogens with zero attached hydrogens (tertiary/aromatic N) is 2. The molecule has 1 amide bonds. The van der Waals surface area contributed by atoms with Gasteiger partial charge in [0.15, 0.2) is 11.5 Å². The van der Waals surface area contributed by atoms with Crippen molar-refractivity contribution >= 4 is 11.6 Å². The topological polar surface area (TPSA) is 104 Å². The van der Waals surface area contributed by atoms with E-state index >= 15 is 0 Å². The summed E-state index contributed by atoms with van der Waals surface area (Å²) in [6, 6.07) is 13.4. The zero-order valence-corrected chi connectivity index (χ0v) is 17.5. The number of aromatic nitrogens is 1. The minimum atomic E-state index is -0.535. The fourth-order valence-electron chi connectivity index (χ4n) is 3.16. The van der Waals surface area contributed by atoms with E-state index in [1.807, 2.05) is 18.2 Å². The molecule has 31 heavy (non-hydrogen) atoms. The van der Waals surface area contributed by atoms with E-state index < -0.39 is 16.9 Å². The lowest BCUT2D eigenvalue weighted by Crippen LogP contribution is -2.27. The highest BCUT2D eigenvalue weighted by Gasteiger charge is 2.24. The summed E-state index contributed by atoms with van der Waals surface area (Å²) in [6.07, 6.45) is 3.39. The molecule has 2 aromatic carbocycles. The molecule has 0 saturated heterocycles. The van der Waals surface area contributed by atoms with Crippen molar-refractivity contribution in [3.63, 3.8) is 0 Å². The number of rotatable bonds is 8. The number of nitro benzene ring substituents is 1. The first-order chi connectivity index (χ1) is 14.9. The lowest BCUT2D eigenvalue weighted by Gasteiger charge is -2.17. The highest BCUT2D eigenvalue weighted by molar-refractivity contribution is 5.98. The Balaban J connectivity index is 1.75. The number of carbonyl (C=O) groups excluding carboxylic acids is 1. The van der Waals surface area contributed by atoms with Crippen molar-refractivity contribution in [2.75, 3.05) is 7.11 Å². The summed E-state index contributed by atoms with van der Waals surface area (Å²) in [6.45, 7) is 3.77. The molecule has 1 heterocycles. The second-order valence-electron chi connectivity index (χ2n) is 6.98. The van der Waals surface area contributed by atoms with Gasteiger partial charge in [-0.1, -0.05) is 18.2 Å². The zero-order chi connectivity index (χ0) is 22.4. The molecule has 0 aliphatic carbocycles. The molecule has 160 valence electrons. The largest absolute Gasteiger partial charge is 0.493 e. The van der Waals surface area contributed by atoms with E-state index in [9.17, 15) is 14.9 Å². The quantitative estimate of drug-likeness (QED) is 0.428. The first kappa shape index (κ1) is 21.8. The van der Waals surface area contributed by atoms with Crippen LogP contribution in [0.1, 0.15) is 40.0 Å². The molecule has 0 bridgehead atoms. The second-order valence-corrected chi connectivity index (χ2v) is 6.98. The van der Waals surface area contributed by atoms with Gasteiger partial charge in [-0.15, -0.1) is 0 Å². The summed E-state index contributed by atoms with van der Waals surface area (Å²) >= 11 is 0. The molecule has 0 radical (unpaired) electrons. The number of para-hydroxylation sites is 1. The predicted octanol–water partition coefficient (Wildman–Crippen LogP) is 4.38. The molecular formula is C23H23N3O5. The van der Waals surface area contributed by atoms with Gasteiger partial charge in [-0.25, -0.2) is 0 Å². The van der Waals surface area contributed by atoms with Gasteiger partial charge in [0.25, 0.3) is 11.6 Å². The van der Waals surface area contributed by atoms with Crippen LogP contribution in [0.25, 0.3) is 0 Å². The highest BCUT2D eigenvalue weighted by Crippen LogP contribution is 2.31. The number of nitrogens with one attached hydrogen (secondary N) is 1. The Morgan fingerprint density at radius 1 is 1.16 bits per heavy atom. The Bertz CT molecular complexity index is 1090. The van der Waals surface area contributed by atoms with Gasteiger partial charge in [-0.3, -0.25) is 19.9 Å². The molecule has 1 aromatic heterocycles. The molecule has 3 rings (SSSR count). The summed E-state index contributed by atoms with van der Waals surface area (Å²) in [5.74, 6) is 0.574. The van der Waals surface area contributed by atoms with E-state index in [4.69, 9.17) is 9.47 Å². The monoisotopic (exact) mass is 421 g/mol. The number of methoxy groups -OCH3 is 1. The third-order valence-corrected chi connectivity index (χ3v) is 4.84. The highest BCUT2D eigenvalue weighted by atomic mass is 16.6. The molecule has 1 atom stereocenters. The lowest BCUT2D eigenvalue weighted by molar-refractivity contribution is -0.385. The molecule has 0 fully saturated rings. The van der Waals surface area contributed by atoms with Gasteiger partial charge in [0.2, 0.25) is 0 Å². The number of aryl methyl sites for hydroxylation is 1. The van der Waals surface area contributed by atoms with Crippen LogP contribution >= 0.6 is 0 Å². The lowest BCUT2D eigenvalue weighted by atomic mass is 10.0. The summed E-state index contributed by atoms with van der Waals surface area (Å²) in [5.41, 5.74) is 2.02. The number of nitro groups is 1. The molecule has 0 aliphatic rings. The molecule has 0 aliphatic heterocycles. The predicted molar refractivity (Wildman–Crippen MR) is 115 cm³/mol. The summed E-state index contributed by atoms with van der Waals surface area (Å²) in [4.78, 5) is 27.5. The number of pyridine rings is 1. The SMILES string of the molecule is COc1cc(C(C)NC(=O)c2cccc(C)c2[N+](=O)[O-])ccc1OCc1ccncc1. The van der Waals surface area contributed by atoms with E-state index in [2.05, 4.69) is 10.3 Å². The van der Waals surface area contributed by atoms with Crippen LogP contribution in [-0.4, -0.2) is 22.9 Å². The van der Waals surface area contributed by atoms with Gasteiger partial charge >= 0.3 is 0 Å². The number of hydrogen-bond donors (Lipinski definition) is 1. The third-order valence-electron chi connectivity index (χ3n) is 4.84. The first-order valence-electron chi connectivity index (χ1n) is 9.65. The molecule has 1 N–H and O–H groups in total. The van der Waals surface area contributed by atoms with Crippen LogP contribution in [0.15, 0.2) is 60.9 Å². The van der Waals surface area contributed by atoms with E-state index in [1.54, 1.807) is 50.5 Å². The first-order valence-corrected chi connectivity index (χ1v) is 9.65. The smallest absolute Gasteiger partial charge is 0.285 e. The van der Waals surface area contributed by atoms with Crippen molar-refractivity contribution in [1.29, 1.82) is 0 Å². The van der Waals surface area contributed by atoms with Crippen molar-refractivity contribution in [2.45, 2.75) is 26.5 Å². The van der Waals surface area contributed by atoms with Crippen molar-refractivity contribution in [1.82, 2.24) is 10.3 Å². The van der Waals surface area contributed by atoms with E-state index in [1.165, 1.54) is 13.2 Å². The van der Waals surface area contributed by atoms with Crippen LogP contribution in [0.5, 0.6) is 11.5 Å². The van der Waals surface area contributed by atoms with Crippen LogP contribution in [-0.2, 0) is 6.61 Å². The summed E-state index contributed by atoms with van der Waals surface area (Å²) in [7, 11) is 1.54.